The van der Waals surface area contributed by atoms with Crippen molar-refractivity contribution in [3.05, 3.63) is 53.9 Å². The van der Waals surface area contributed by atoms with E-state index in [4.69, 9.17) is 0 Å². The zero-order valence-corrected chi connectivity index (χ0v) is 9.81. The molecular formula is C14H13NO2. The van der Waals surface area contributed by atoms with Crippen molar-refractivity contribution in [1.29, 1.82) is 0 Å². The van der Waals surface area contributed by atoms with Crippen LogP contribution >= 0.6 is 0 Å². The molecule has 86 valence electrons. The average molecular weight is 227 g/mol. The summed E-state index contributed by atoms with van der Waals surface area (Å²) in [5.41, 5.74) is 3.53. The Kier molecular flexibility index (Phi) is 3.19. The zero-order chi connectivity index (χ0) is 12.3. The highest BCUT2D eigenvalue weighted by atomic mass is 16.5. The van der Waals surface area contributed by atoms with Crippen LogP contribution in [0, 0.1) is 6.92 Å². The minimum atomic E-state index is -0.417. The Balaban J connectivity index is 2.43. The molecule has 0 radical (unpaired) electrons. The number of methoxy groups -OCH3 is 1. The highest BCUT2D eigenvalue weighted by Crippen LogP contribution is 2.20. The molecule has 0 N–H and O–H groups in total. The first kappa shape index (κ1) is 11.3. The van der Waals surface area contributed by atoms with E-state index in [1.165, 1.54) is 12.7 Å². The summed E-state index contributed by atoms with van der Waals surface area (Å²) in [4.78, 5) is 15.4. The van der Waals surface area contributed by atoms with Crippen LogP contribution in [0.4, 0.5) is 0 Å². The Morgan fingerprint density at radius 3 is 2.65 bits per heavy atom. The topological polar surface area (TPSA) is 39.2 Å². The predicted molar refractivity (Wildman–Crippen MR) is 65.7 cm³/mol. The van der Waals surface area contributed by atoms with E-state index in [0.717, 1.165) is 11.1 Å². The quantitative estimate of drug-likeness (QED) is 0.740. The van der Waals surface area contributed by atoms with Gasteiger partial charge in [-0.3, -0.25) is 0 Å². The Hall–Kier alpha value is -2.16. The summed E-state index contributed by atoms with van der Waals surface area (Å²) in [6.45, 7) is 2.03. The maximum Gasteiger partial charge on any atom is 0.356 e. The Labute approximate surface area is 100 Å². The van der Waals surface area contributed by atoms with Gasteiger partial charge in [0, 0.05) is 6.20 Å². The van der Waals surface area contributed by atoms with E-state index in [0.29, 0.717) is 5.69 Å². The maximum absolute atomic E-state index is 11.4. The molecule has 2 rings (SSSR count). The van der Waals surface area contributed by atoms with Crippen LogP contribution in [0.5, 0.6) is 0 Å². The molecule has 0 atom stereocenters. The number of rotatable bonds is 2. The van der Waals surface area contributed by atoms with Crippen molar-refractivity contribution in [3.63, 3.8) is 0 Å². The third-order valence-corrected chi connectivity index (χ3v) is 2.51. The molecule has 0 saturated carbocycles. The molecule has 0 aliphatic heterocycles. The number of pyridine rings is 1. The summed E-state index contributed by atoms with van der Waals surface area (Å²) in [6, 6.07) is 11.7. The number of esters is 1. The van der Waals surface area contributed by atoms with Crippen molar-refractivity contribution >= 4 is 5.97 Å². The van der Waals surface area contributed by atoms with Crippen LogP contribution in [0.1, 0.15) is 16.1 Å². The van der Waals surface area contributed by atoms with Crippen molar-refractivity contribution in [2.75, 3.05) is 7.11 Å². The van der Waals surface area contributed by atoms with Crippen LogP contribution in [0.15, 0.2) is 42.6 Å². The highest BCUT2D eigenvalue weighted by molar-refractivity contribution is 5.88. The molecule has 2 aromatic rings. The van der Waals surface area contributed by atoms with E-state index in [9.17, 15) is 4.79 Å². The average Bonchev–Trinajstić information content (AvgIpc) is 2.38. The van der Waals surface area contributed by atoms with Crippen molar-refractivity contribution < 1.29 is 9.53 Å². The molecule has 3 nitrogen and oxygen atoms in total. The third kappa shape index (κ3) is 2.50. The summed E-state index contributed by atoms with van der Waals surface area (Å²) >= 11 is 0. The Morgan fingerprint density at radius 1 is 1.18 bits per heavy atom. The molecule has 0 unspecified atom stereocenters. The number of aryl methyl sites for hydroxylation is 1. The van der Waals surface area contributed by atoms with E-state index >= 15 is 0 Å². The lowest BCUT2D eigenvalue weighted by molar-refractivity contribution is 0.0594. The normalized spacial score (nSPS) is 10.0. The fourth-order valence-electron chi connectivity index (χ4n) is 1.65. The number of hydrogen-bond acceptors (Lipinski definition) is 3. The lowest BCUT2D eigenvalue weighted by Crippen LogP contribution is -2.03. The Bertz CT molecular complexity index is 549. The van der Waals surface area contributed by atoms with Gasteiger partial charge in [-0.05, 0) is 30.2 Å². The molecular weight excluding hydrogens is 214 g/mol. The van der Waals surface area contributed by atoms with E-state index in [2.05, 4.69) is 15.8 Å². The second kappa shape index (κ2) is 4.78. The molecule has 0 spiro atoms. The second-order valence-electron chi connectivity index (χ2n) is 3.79. The summed E-state index contributed by atoms with van der Waals surface area (Å²) in [7, 11) is 1.35. The SMILES string of the molecule is COC(=O)c1cc(-c2cccc(C)c2)ccn1. The summed E-state index contributed by atoms with van der Waals surface area (Å²) in [5.74, 6) is -0.417. The minimum absolute atomic E-state index is 0.325. The molecule has 17 heavy (non-hydrogen) atoms. The lowest BCUT2D eigenvalue weighted by atomic mass is 10.0. The number of hydrogen-bond donors (Lipinski definition) is 0. The third-order valence-electron chi connectivity index (χ3n) is 2.51. The van der Waals surface area contributed by atoms with Gasteiger partial charge in [-0.2, -0.15) is 0 Å². The standard InChI is InChI=1S/C14H13NO2/c1-10-4-3-5-11(8-10)12-6-7-15-13(9-12)14(16)17-2/h3-9H,1-2H3. The number of nitrogens with zero attached hydrogens (tertiary/aromatic N) is 1. The van der Waals surface area contributed by atoms with Gasteiger partial charge in [0.2, 0.25) is 0 Å². The van der Waals surface area contributed by atoms with Gasteiger partial charge < -0.3 is 4.74 Å². The maximum atomic E-state index is 11.4. The van der Waals surface area contributed by atoms with Crippen molar-refractivity contribution in [2.45, 2.75) is 6.92 Å². The largest absolute Gasteiger partial charge is 0.464 e. The molecule has 0 saturated heterocycles. The predicted octanol–water partition coefficient (Wildman–Crippen LogP) is 2.84. The van der Waals surface area contributed by atoms with Gasteiger partial charge in [-0.25, -0.2) is 9.78 Å². The second-order valence-corrected chi connectivity index (χ2v) is 3.79. The smallest absolute Gasteiger partial charge is 0.356 e. The molecule has 0 aliphatic carbocycles. The monoisotopic (exact) mass is 227 g/mol. The van der Waals surface area contributed by atoms with Gasteiger partial charge in [0.25, 0.3) is 0 Å². The number of ether oxygens (including phenoxy) is 1. The molecule has 0 fully saturated rings. The van der Waals surface area contributed by atoms with Crippen molar-refractivity contribution in [2.24, 2.45) is 0 Å². The van der Waals surface area contributed by atoms with Gasteiger partial charge in [-0.1, -0.05) is 29.8 Å². The molecule has 1 aromatic heterocycles. The van der Waals surface area contributed by atoms with E-state index < -0.39 is 5.97 Å². The lowest BCUT2D eigenvalue weighted by Gasteiger charge is -2.04. The van der Waals surface area contributed by atoms with Crippen LogP contribution in [-0.2, 0) is 4.74 Å². The number of benzene rings is 1. The Morgan fingerprint density at radius 2 is 1.94 bits per heavy atom. The van der Waals surface area contributed by atoms with Gasteiger partial charge in [0.05, 0.1) is 7.11 Å². The van der Waals surface area contributed by atoms with Crippen LogP contribution in [0.3, 0.4) is 0 Å². The van der Waals surface area contributed by atoms with Crippen molar-refractivity contribution in [3.8, 4) is 11.1 Å². The first-order chi connectivity index (χ1) is 8.20. The molecule has 0 aliphatic rings. The van der Waals surface area contributed by atoms with E-state index in [1.807, 2.05) is 31.2 Å². The highest BCUT2D eigenvalue weighted by Gasteiger charge is 2.08. The number of carbonyl (C=O) groups is 1. The van der Waals surface area contributed by atoms with E-state index in [1.54, 1.807) is 12.3 Å². The summed E-state index contributed by atoms with van der Waals surface area (Å²) in [5, 5.41) is 0. The van der Waals surface area contributed by atoms with Crippen LogP contribution in [-0.4, -0.2) is 18.1 Å². The number of aromatic nitrogens is 1. The molecule has 0 amide bonds. The van der Waals surface area contributed by atoms with Crippen LogP contribution in [0.25, 0.3) is 11.1 Å². The zero-order valence-electron chi connectivity index (χ0n) is 9.81. The fraction of sp³-hybridized carbons (Fsp3) is 0.143. The van der Waals surface area contributed by atoms with Gasteiger partial charge in [-0.15, -0.1) is 0 Å². The summed E-state index contributed by atoms with van der Waals surface area (Å²) in [6.07, 6.45) is 1.62. The molecule has 1 aromatic carbocycles. The first-order valence-corrected chi connectivity index (χ1v) is 5.32. The minimum Gasteiger partial charge on any atom is -0.464 e. The van der Waals surface area contributed by atoms with Crippen molar-refractivity contribution in [1.82, 2.24) is 4.98 Å². The summed E-state index contributed by atoms with van der Waals surface area (Å²) < 4.78 is 4.65. The van der Waals surface area contributed by atoms with Crippen LogP contribution in [0.2, 0.25) is 0 Å². The molecule has 0 bridgehead atoms. The molecule has 1 heterocycles. The van der Waals surface area contributed by atoms with Gasteiger partial charge in [0.15, 0.2) is 0 Å². The van der Waals surface area contributed by atoms with E-state index in [-0.39, 0.29) is 0 Å². The fourth-order valence-corrected chi connectivity index (χ4v) is 1.65. The van der Waals surface area contributed by atoms with Gasteiger partial charge in [0.1, 0.15) is 5.69 Å². The molecule has 3 heteroatoms. The van der Waals surface area contributed by atoms with Gasteiger partial charge >= 0.3 is 5.97 Å². The van der Waals surface area contributed by atoms with Crippen LogP contribution < -0.4 is 0 Å². The first-order valence-electron chi connectivity index (χ1n) is 5.32. The number of carbonyl (C=O) groups excluding carboxylic acids is 1.